The van der Waals surface area contributed by atoms with E-state index in [2.05, 4.69) is 80.5 Å². The molecule has 38 heavy (non-hydrogen) atoms. The zero-order valence-corrected chi connectivity index (χ0v) is 23.8. The van der Waals surface area contributed by atoms with Crippen molar-refractivity contribution in [1.82, 2.24) is 14.8 Å². The largest absolute Gasteiger partial charge is 0.497 e. The van der Waals surface area contributed by atoms with Gasteiger partial charge in [-0.05, 0) is 59.2 Å². The number of carbonyl (C=O) groups excluding carboxylic acids is 1. The fourth-order valence-corrected chi connectivity index (χ4v) is 4.96. The Morgan fingerprint density at radius 3 is 2.32 bits per heavy atom. The third-order valence-corrected chi connectivity index (χ3v) is 7.61. The summed E-state index contributed by atoms with van der Waals surface area (Å²) in [5.41, 5.74) is 5.18. The van der Waals surface area contributed by atoms with Crippen molar-refractivity contribution in [3.63, 3.8) is 0 Å². The van der Waals surface area contributed by atoms with Gasteiger partial charge in [0.1, 0.15) is 5.75 Å². The van der Waals surface area contributed by atoms with Gasteiger partial charge in [0.05, 0.1) is 12.9 Å². The van der Waals surface area contributed by atoms with E-state index in [4.69, 9.17) is 4.74 Å². The van der Waals surface area contributed by atoms with Crippen LogP contribution >= 0.6 is 11.8 Å². The number of hydrogen-bond donors (Lipinski definition) is 1. The summed E-state index contributed by atoms with van der Waals surface area (Å²) < 4.78 is 7.34. The summed E-state index contributed by atoms with van der Waals surface area (Å²) in [7, 11) is 1.65. The van der Waals surface area contributed by atoms with Crippen LogP contribution in [0.25, 0.3) is 17.1 Å². The molecule has 0 fully saturated rings. The minimum absolute atomic E-state index is 0.0596. The Labute approximate surface area is 229 Å². The Kier molecular flexibility index (Phi) is 8.57. The first kappa shape index (κ1) is 27.5. The standard InChI is InChI=1S/C31H36N4O2S/c1-7-21(2)26-10-8-9-11-27(26)32-28(36)20-38-30-34-33-29(22-12-14-23(15-13-22)31(3,4)5)35(30)24-16-18-25(37-6)19-17-24/h8-19,21H,7,20H2,1-6H3,(H,32,36). The first-order valence-electron chi connectivity index (χ1n) is 12.9. The van der Waals surface area contributed by atoms with Crippen LogP contribution < -0.4 is 10.1 Å². The highest BCUT2D eigenvalue weighted by Crippen LogP contribution is 2.31. The number of benzene rings is 3. The molecule has 1 heterocycles. The van der Waals surface area contributed by atoms with E-state index >= 15 is 0 Å². The summed E-state index contributed by atoms with van der Waals surface area (Å²) in [6.07, 6.45) is 1.01. The zero-order valence-electron chi connectivity index (χ0n) is 23.0. The third kappa shape index (κ3) is 6.27. The highest BCUT2D eigenvalue weighted by atomic mass is 32.2. The number of ether oxygens (including phenoxy) is 1. The van der Waals surface area contributed by atoms with Crippen LogP contribution in [0.1, 0.15) is 58.1 Å². The van der Waals surface area contributed by atoms with Gasteiger partial charge >= 0.3 is 0 Å². The van der Waals surface area contributed by atoms with E-state index in [1.807, 2.05) is 47.0 Å². The van der Waals surface area contributed by atoms with Crippen molar-refractivity contribution in [1.29, 1.82) is 0 Å². The Morgan fingerprint density at radius 2 is 1.68 bits per heavy atom. The predicted molar refractivity (Wildman–Crippen MR) is 157 cm³/mol. The summed E-state index contributed by atoms with van der Waals surface area (Å²) in [5.74, 6) is 1.99. The third-order valence-electron chi connectivity index (χ3n) is 6.68. The molecule has 1 amide bonds. The van der Waals surface area contributed by atoms with Gasteiger partial charge in [0, 0.05) is 16.9 Å². The van der Waals surface area contributed by atoms with E-state index in [0.29, 0.717) is 11.1 Å². The average Bonchev–Trinajstić information content (AvgIpc) is 3.35. The number of carbonyl (C=O) groups is 1. The van der Waals surface area contributed by atoms with Crippen LogP contribution in [0.2, 0.25) is 0 Å². The molecule has 7 heteroatoms. The molecule has 1 atom stereocenters. The second kappa shape index (κ2) is 11.9. The van der Waals surface area contributed by atoms with Gasteiger partial charge in [-0.1, -0.05) is 88.8 Å². The topological polar surface area (TPSA) is 69.0 Å². The van der Waals surface area contributed by atoms with Gasteiger partial charge in [-0.25, -0.2) is 0 Å². The van der Waals surface area contributed by atoms with Gasteiger partial charge in [0.2, 0.25) is 5.91 Å². The number of thioether (sulfide) groups is 1. The van der Waals surface area contributed by atoms with Crippen LogP contribution in [0.3, 0.4) is 0 Å². The summed E-state index contributed by atoms with van der Waals surface area (Å²) in [4.78, 5) is 13.0. The lowest BCUT2D eigenvalue weighted by atomic mass is 9.87. The highest BCUT2D eigenvalue weighted by molar-refractivity contribution is 7.99. The minimum atomic E-state index is -0.0777. The van der Waals surface area contributed by atoms with Crippen LogP contribution in [0.15, 0.2) is 78.0 Å². The number of methoxy groups -OCH3 is 1. The quantitative estimate of drug-likeness (QED) is 0.228. The van der Waals surface area contributed by atoms with E-state index in [1.54, 1.807) is 7.11 Å². The zero-order chi connectivity index (χ0) is 27.3. The molecule has 6 nitrogen and oxygen atoms in total. The first-order chi connectivity index (χ1) is 18.2. The fraction of sp³-hybridized carbons (Fsp3) is 0.323. The van der Waals surface area contributed by atoms with Crippen LogP contribution in [0.5, 0.6) is 5.75 Å². The number of nitrogens with one attached hydrogen (secondary N) is 1. The molecular formula is C31H36N4O2S. The van der Waals surface area contributed by atoms with Crippen LogP contribution in [0, 0.1) is 0 Å². The maximum Gasteiger partial charge on any atom is 0.234 e. The molecule has 0 aliphatic heterocycles. The normalized spacial score (nSPS) is 12.3. The highest BCUT2D eigenvalue weighted by Gasteiger charge is 2.20. The molecule has 3 aromatic carbocycles. The lowest BCUT2D eigenvalue weighted by Gasteiger charge is -2.19. The number of aromatic nitrogens is 3. The molecule has 198 valence electrons. The van der Waals surface area contributed by atoms with E-state index in [1.165, 1.54) is 17.3 Å². The van der Waals surface area contributed by atoms with Crippen molar-refractivity contribution in [2.45, 2.75) is 57.5 Å². The Hall–Kier alpha value is -3.58. The smallest absolute Gasteiger partial charge is 0.234 e. The number of para-hydroxylation sites is 1. The average molecular weight is 529 g/mol. The molecule has 0 spiro atoms. The van der Waals surface area contributed by atoms with Crippen molar-refractivity contribution in [3.05, 3.63) is 83.9 Å². The molecule has 0 saturated heterocycles. The molecule has 0 aliphatic rings. The molecule has 1 N–H and O–H groups in total. The van der Waals surface area contributed by atoms with Crippen LogP contribution in [-0.2, 0) is 10.2 Å². The fourth-order valence-electron chi connectivity index (χ4n) is 4.21. The van der Waals surface area contributed by atoms with Crippen molar-refractivity contribution in [3.8, 4) is 22.8 Å². The summed E-state index contributed by atoms with van der Waals surface area (Å²) in [6, 6.07) is 24.2. The Bertz CT molecular complexity index is 1370. The summed E-state index contributed by atoms with van der Waals surface area (Å²) in [5, 5.41) is 12.8. The van der Waals surface area contributed by atoms with Crippen molar-refractivity contribution in [2.24, 2.45) is 0 Å². The van der Waals surface area contributed by atoms with Gasteiger partial charge in [-0.2, -0.15) is 0 Å². The van der Waals surface area contributed by atoms with Crippen LogP contribution in [-0.4, -0.2) is 33.5 Å². The number of nitrogens with zero attached hydrogens (tertiary/aromatic N) is 3. The van der Waals surface area contributed by atoms with Gasteiger partial charge < -0.3 is 10.1 Å². The molecule has 0 radical (unpaired) electrons. The molecule has 0 saturated carbocycles. The maximum atomic E-state index is 13.0. The lowest BCUT2D eigenvalue weighted by molar-refractivity contribution is -0.113. The van der Waals surface area contributed by atoms with Crippen LogP contribution in [0.4, 0.5) is 5.69 Å². The number of hydrogen-bond acceptors (Lipinski definition) is 5. The maximum absolute atomic E-state index is 13.0. The summed E-state index contributed by atoms with van der Waals surface area (Å²) >= 11 is 1.37. The predicted octanol–water partition coefficient (Wildman–Crippen LogP) is 7.48. The lowest BCUT2D eigenvalue weighted by Crippen LogP contribution is -2.16. The first-order valence-corrected chi connectivity index (χ1v) is 13.9. The summed E-state index contributed by atoms with van der Waals surface area (Å²) in [6.45, 7) is 10.9. The van der Waals surface area contributed by atoms with E-state index in [0.717, 1.165) is 40.5 Å². The molecule has 1 unspecified atom stereocenters. The number of rotatable bonds is 9. The van der Waals surface area contributed by atoms with Gasteiger partial charge in [-0.15, -0.1) is 10.2 Å². The SMILES string of the molecule is CCC(C)c1ccccc1NC(=O)CSc1nnc(-c2ccc(C(C)(C)C)cc2)n1-c1ccc(OC)cc1. The Balaban J connectivity index is 1.61. The van der Waals surface area contributed by atoms with E-state index in [-0.39, 0.29) is 17.1 Å². The number of amides is 1. The van der Waals surface area contributed by atoms with Gasteiger partial charge in [0.15, 0.2) is 11.0 Å². The monoisotopic (exact) mass is 528 g/mol. The molecule has 1 aromatic heterocycles. The van der Waals surface area contributed by atoms with Gasteiger partial charge in [0.25, 0.3) is 0 Å². The van der Waals surface area contributed by atoms with Crippen molar-refractivity contribution >= 4 is 23.4 Å². The van der Waals surface area contributed by atoms with E-state index in [9.17, 15) is 4.79 Å². The molecule has 0 bridgehead atoms. The molecule has 0 aliphatic carbocycles. The molecule has 4 rings (SSSR count). The second-order valence-electron chi connectivity index (χ2n) is 10.4. The molecular weight excluding hydrogens is 492 g/mol. The Morgan fingerprint density at radius 1 is 1.00 bits per heavy atom. The minimum Gasteiger partial charge on any atom is -0.497 e. The number of anilines is 1. The van der Waals surface area contributed by atoms with E-state index < -0.39 is 0 Å². The van der Waals surface area contributed by atoms with Crippen molar-refractivity contribution < 1.29 is 9.53 Å². The van der Waals surface area contributed by atoms with Crippen molar-refractivity contribution in [2.75, 3.05) is 18.2 Å². The molecule has 4 aromatic rings. The van der Waals surface area contributed by atoms with Gasteiger partial charge in [-0.3, -0.25) is 9.36 Å². The second-order valence-corrected chi connectivity index (χ2v) is 11.3.